The van der Waals surface area contributed by atoms with Crippen molar-refractivity contribution in [2.24, 2.45) is 0 Å². The molecular weight excluding hydrogens is 288 g/mol. The Kier molecular flexibility index (Phi) is 3.53. The van der Waals surface area contributed by atoms with Crippen LogP contribution in [0.2, 0.25) is 0 Å². The van der Waals surface area contributed by atoms with Crippen LogP contribution in [0.5, 0.6) is 0 Å². The van der Waals surface area contributed by atoms with E-state index in [0.717, 1.165) is 4.88 Å². The zero-order chi connectivity index (χ0) is 14.8. The summed E-state index contributed by atoms with van der Waals surface area (Å²) < 4.78 is 1.24. The molecule has 106 valence electrons. The lowest BCUT2D eigenvalue weighted by molar-refractivity contribution is 0.0690. The van der Waals surface area contributed by atoms with Crippen LogP contribution < -0.4 is 5.56 Å². The summed E-state index contributed by atoms with van der Waals surface area (Å²) in [6.07, 6.45) is 0.655. The van der Waals surface area contributed by atoms with Gasteiger partial charge >= 0.3 is 5.97 Å². The van der Waals surface area contributed by atoms with E-state index in [1.54, 1.807) is 35.6 Å². The van der Waals surface area contributed by atoms with Crippen molar-refractivity contribution in [2.45, 2.75) is 13.0 Å². The van der Waals surface area contributed by atoms with E-state index in [0.29, 0.717) is 23.7 Å². The van der Waals surface area contributed by atoms with Crippen LogP contribution in [0.15, 0.2) is 46.6 Å². The second kappa shape index (κ2) is 5.49. The SMILES string of the molecule is O=C(O)c1nn(CCc2cccs2)c(=O)c2ccccc12. The number of rotatable bonds is 4. The highest BCUT2D eigenvalue weighted by Gasteiger charge is 2.15. The Morgan fingerprint density at radius 2 is 1.95 bits per heavy atom. The predicted molar refractivity (Wildman–Crippen MR) is 81.0 cm³/mol. The Labute approximate surface area is 124 Å². The number of benzene rings is 1. The molecule has 0 amide bonds. The number of aryl methyl sites for hydroxylation is 2. The molecule has 0 bridgehead atoms. The summed E-state index contributed by atoms with van der Waals surface area (Å²) in [7, 11) is 0. The van der Waals surface area contributed by atoms with Gasteiger partial charge in [0, 0.05) is 23.2 Å². The molecule has 0 atom stereocenters. The maximum Gasteiger partial charge on any atom is 0.357 e. The van der Waals surface area contributed by atoms with E-state index in [2.05, 4.69) is 5.10 Å². The number of hydrogen-bond acceptors (Lipinski definition) is 4. The molecule has 2 heterocycles. The van der Waals surface area contributed by atoms with Gasteiger partial charge in [-0.05, 0) is 17.5 Å². The molecule has 0 fully saturated rings. The largest absolute Gasteiger partial charge is 0.476 e. The van der Waals surface area contributed by atoms with Crippen LogP contribution in [-0.4, -0.2) is 20.9 Å². The molecule has 2 aromatic heterocycles. The molecule has 0 unspecified atom stereocenters. The highest BCUT2D eigenvalue weighted by atomic mass is 32.1. The van der Waals surface area contributed by atoms with Crippen LogP contribution in [-0.2, 0) is 13.0 Å². The van der Waals surface area contributed by atoms with Crippen LogP contribution >= 0.6 is 11.3 Å². The van der Waals surface area contributed by atoms with Crippen molar-refractivity contribution in [1.29, 1.82) is 0 Å². The summed E-state index contributed by atoms with van der Waals surface area (Å²) >= 11 is 1.60. The molecule has 0 aliphatic carbocycles. The normalized spacial score (nSPS) is 10.9. The molecular formula is C15H12N2O3S. The lowest BCUT2D eigenvalue weighted by atomic mass is 10.1. The van der Waals surface area contributed by atoms with Crippen LogP contribution in [0.3, 0.4) is 0 Å². The lowest BCUT2D eigenvalue weighted by Gasteiger charge is -2.08. The van der Waals surface area contributed by atoms with E-state index in [-0.39, 0.29) is 11.3 Å². The van der Waals surface area contributed by atoms with Crippen molar-refractivity contribution >= 4 is 28.1 Å². The first-order valence-corrected chi connectivity index (χ1v) is 7.30. The first kappa shape index (κ1) is 13.5. The summed E-state index contributed by atoms with van der Waals surface area (Å²) in [6.45, 7) is 0.366. The van der Waals surface area contributed by atoms with Gasteiger partial charge in [-0.2, -0.15) is 5.10 Å². The average Bonchev–Trinajstić information content (AvgIpc) is 3.00. The fraction of sp³-hybridized carbons (Fsp3) is 0.133. The fourth-order valence-corrected chi connectivity index (χ4v) is 2.91. The van der Waals surface area contributed by atoms with Gasteiger partial charge in [0.05, 0.1) is 5.39 Å². The molecule has 6 heteroatoms. The number of aromatic nitrogens is 2. The van der Waals surface area contributed by atoms with Gasteiger partial charge in [0.25, 0.3) is 5.56 Å². The van der Waals surface area contributed by atoms with Crippen LogP contribution in [0.25, 0.3) is 10.8 Å². The lowest BCUT2D eigenvalue weighted by Crippen LogP contribution is -2.26. The van der Waals surface area contributed by atoms with E-state index in [1.807, 2.05) is 17.5 Å². The van der Waals surface area contributed by atoms with Gasteiger partial charge in [-0.3, -0.25) is 4.79 Å². The number of hydrogen-bond donors (Lipinski definition) is 1. The predicted octanol–water partition coefficient (Wildman–Crippen LogP) is 2.40. The number of aromatic carboxylic acids is 1. The summed E-state index contributed by atoms with van der Waals surface area (Å²) in [5, 5.41) is 16.0. The smallest absolute Gasteiger partial charge is 0.357 e. The fourth-order valence-electron chi connectivity index (χ4n) is 2.22. The minimum absolute atomic E-state index is 0.0867. The van der Waals surface area contributed by atoms with E-state index < -0.39 is 5.97 Å². The van der Waals surface area contributed by atoms with Gasteiger partial charge in [0.15, 0.2) is 5.69 Å². The first-order valence-electron chi connectivity index (χ1n) is 6.42. The summed E-state index contributed by atoms with van der Waals surface area (Å²) in [5.74, 6) is -1.13. The molecule has 0 saturated heterocycles. The third-order valence-electron chi connectivity index (χ3n) is 3.22. The van der Waals surface area contributed by atoms with Crippen LogP contribution in [0.4, 0.5) is 0 Å². The highest BCUT2D eigenvalue weighted by molar-refractivity contribution is 7.09. The Morgan fingerprint density at radius 3 is 2.62 bits per heavy atom. The molecule has 0 spiro atoms. The molecule has 0 aliphatic heterocycles. The highest BCUT2D eigenvalue weighted by Crippen LogP contribution is 2.14. The number of carboxylic acids is 1. The second-order valence-corrected chi connectivity index (χ2v) is 5.59. The second-order valence-electron chi connectivity index (χ2n) is 4.56. The molecule has 0 radical (unpaired) electrons. The average molecular weight is 300 g/mol. The van der Waals surface area contributed by atoms with Crippen molar-refractivity contribution in [2.75, 3.05) is 0 Å². The number of fused-ring (bicyclic) bond motifs is 1. The first-order chi connectivity index (χ1) is 10.2. The van der Waals surface area contributed by atoms with Gasteiger partial charge in [-0.15, -0.1) is 11.3 Å². The maximum absolute atomic E-state index is 12.4. The van der Waals surface area contributed by atoms with Crippen molar-refractivity contribution in [3.05, 3.63) is 62.7 Å². The maximum atomic E-state index is 12.4. The molecule has 3 aromatic rings. The molecule has 3 rings (SSSR count). The van der Waals surface area contributed by atoms with Gasteiger partial charge in [0.1, 0.15) is 0 Å². The zero-order valence-corrected chi connectivity index (χ0v) is 11.8. The van der Waals surface area contributed by atoms with E-state index in [1.165, 1.54) is 4.68 Å². The standard InChI is InChI=1S/C15H12N2O3S/c18-14-12-6-2-1-5-11(12)13(15(19)20)16-17(14)8-7-10-4-3-9-21-10/h1-6,9H,7-8H2,(H,19,20). The van der Waals surface area contributed by atoms with Gasteiger partial charge < -0.3 is 5.11 Å². The Hall–Kier alpha value is -2.47. The third kappa shape index (κ3) is 2.57. The van der Waals surface area contributed by atoms with Crippen molar-refractivity contribution in [1.82, 2.24) is 9.78 Å². The van der Waals surface area contributed by atoms with Crippen LogP contribution in [0, 0.1) is 0 Å². The monoisotopic (exact) mass is 300 g/mol. The number of nitrogens with zero attached hydrogens (tertiary/aromatic N) is 2. The van der Waals surface area contributed by atoms with E-state index in [9.17, 15) is 14.7 Å². The Balaban J connectivity index is 2.08. The van der Waals surface area contributed by atoms with Crippen molar-refractivity contribution < 1.29 is 9.90 Å². The minimum atomic E-state index is -1.13. The van der Waals surface area contributed by atoms with E-state index >= 15 is 0 Å². The summed E-state index contributed by atoms with van der Waals surface area (Å²) in [6, 6.07) is 10.6. The topological polar surface area (TPSA) is 72.2 Å². The molecule has 1 N–H and O–H groups in total. The zero-order valence-electron chi connectivity index (χ0n) is 11.0. The molecule has 0 saturated carbocycles. The third-order valence-corrected chi connectivity index (χ3v) is 4.16. The number of thiophene rings is 1. The number of carboxylic acid groups (broad SMARTS) is 1. The summed E-state index contributed by atoms with van der Waals surface area (Å²) in [5.41, 5.74) is -0.344. The van der Waals surface area contributed by atoms with Gasteiger partial charge in [0.2, 0.25) is 0 Å². The molecule has 1 aromatic carbocycles. The summed E-state index contributed by atoms with van der Waals surface area (Å²) in [4.78, 5) is 24.8. The minimum Gasteiger partial charge on any atom is -0.476 e. The van der Waals surface area contributed by atoms with Crippen LogP contribution in [0.1, 0.15) is 15.4 Å². The molecule has 5 nitrogen and oxygen atoms in total. The van der Waals surface area contributed by atoms with Gasteiger partial charge in [-0.1, -0.05) is 24.3 Å². The quantitative estimate of drug-likeness (QED) is 0.803. The molecule has 0 aliphatic rings. The van der Waals surface area contributed by atoms with Gasteiger partial charge in [-0.25, -0.2) is 9.48 Å². The Morgan fingerprint density at radius 1 is 1.19 bits per heavy atom. The van der Waals surface area contributed by atoms with E-state index in [4.69, 9.17) is 0 Å². The van der Waals surface area contributed by atoms with Crippen molar-refractivity contribution in [3.63, 3.8) is 0 Å². The van der Waals surface area contributed by atoms with Crippen molar-refractivity contribution in [3.8, 4) is 0 Å². The Bertz CT molecular complexity index is 853. The number of carbonyl (C=O) groups is 1. The molecule has 21 heavy (non-hydrogen) atoms.